The lowest BCUT2D eigenvalue weighted by molar-refractivity contribution is 0.101. The molecule has 4 N–H and O–H groups in total. The zero-order valence-electron chi connectivity index (χ0n) is 28.9. The fourth-order valence-electron chi connectivity index (χ4n) is 5.02. The van der Waals surface area contributed by atoms with Crippen molar-refractivity contribution in [3.8, 4) is 17.4 Å². The Kier molecular flexibility index (Phi) is 12.5. The van der Waals surface area contributed by atoms with Gasteiger partial charge in [0.05, 0.1) is 38.3 Å². The second-order valence-corrected chi connectivity index (χ2v) is 11.4. The molecule has 4 aromatic heterocycles. The molecule has 0 aliphatic rings. The van der Waals surface area contributed by atoms with E-state index in [1.165, 1.54) is 12.7 Å². The van der Waals surface area contributed by atoms with Gasteiger partial charge < -0.3 is 24.8 Å². The van der Waals surface area contributed by atoms with E-state index in [0.29, 0.717) is 22.8 Å². The summed E-state index contributed by atoms with van der Waals surface area (Å²) in [6, 6.07) is 26.5. The van der Waals surface area contributed by atoms with Gasteiger partial charge in [0, 0.05) is 30.2 Å². The van der Waals surface area contributed by atoms with Crippen LogP contribution in [0.1, 0.15) is 48.9 Å². The molecule has 0 aliphatic heterocycles. The molecule has 0 radical (unpaired) electrons. The molecule has 262 valence electrons. The van der Waals surface area contributed by atoms with E-state index >= 15 is 0 Å². The number of hydrogen-bond acceptors (Lipinski definition) is 9. The number of aryl methyl sites for hydroxylation is 5. The molecule has 0 bridgehead atoms. The van der Waals surface area contributed by atoms with E-state index in [9.17, 15) is 9.59 Å². The summed E-state index contributed by atoms with van der Waals surface area (Å²) in [6.07, 6.45) is 6.32. The summed E-state index contributed by atoms with van der Waals surface area (Å²) in [5.41, 5.74) is 5.84. The molecule has 4 heterocycles. The van der Waals surface area contributed by atoms with E-state index in [1.807, 2.05) is 61.5 Å². The highest BCUT2D eigenvalue weighted by Gasteiger charge is 2.14. The van der Waals surface area contributed by atoms with Crippen LogP contribution in [0.2, 0.25) is 0 Å². The van der Waals surface area contributed by atoms with Crippen LogP contribution in [0.5, 0.6) is 17.4 Å². The number of rotatable bonds is 13. The largest absolute Gasteiger partial charge is 0.497 e. The summed E-state index contributed by atoms with van der Waals surface area (Å²) < 4.78 is 15.6. The number of carbonyl (C=O) groups excluding carboxylic acids is 2. The van der Waals surface area contributed by atoms with Crippen molar-refractivity contribution in [2.45, 2.75) is 32.6 Å². The van der Waals surface area contributed by atoms with Crippen LogP contribution in [0.4, 0.5) is 11.6 Å². The molecule has 2 amide bonds. The first-order valence-electron chi connectivity index (χ1n) is 16.2. The minimum atomic E-state index is -0.307. The van der Waals surface area contributed by atoms with E-state index < -0.39 is 0 Å². The second kappa shape index (κ2) is 17.8. The maximum Gasteiger partial charge on any atom is 0.262 e. The fraction of sp³-hybridized carbons (Fsp3) is 0.211. The number of ether oxygens (including phenoxy) is 3. The van der Waals surface area contributed by atoms with Crippen LogP contribution in [-0.4, -0.2) is 63.5 Å². The van der Waals surface area contributed by atoms with Crippen molar-refractivity contribution in [3.63, 3.8) is 0 Å². The highest BCUT2D eigenvalue weighted by atomic mass is 16.5. The van der Waals surface area contributed by atoms with Gasteiger partial charge in [0.25, 0.3) is 11.8 Å². The number of H-pyrrole nitrogens is 2. The van der Waals surface area contributed by atoms with E-state index in [1.54, 1.807) is 50.9 Å². The molecule has 0 saturated carbocycles. The highest BCUT2D eigenvalue weighted by Crippen LogP contribution is 2.19. The van der Waals surface area contributed by atoms with E-state index in [4.69, 9.17) is 14.2 Å². The number of benzene rings is 2. The Morgan fingerprint density at radius 2 is 1.24 bits per heavy atom. The van der Waals surface area contributed by atoms with Crippen LogP contribution in [0, 0.1) is 6.92 Å². The summed E-state index contributed by atoms with van der Waals surface area (Å²) in [5.74, 6) is 2.55. The van der Waals surface area contributed by atoms with Gasteiger partial charge >= 0.3 is 0 Å². The van der Waals surface area contributed by atoms with E-state index in [2.05, 4.69) is 47.1 Å². The third kappa shape index (κ3) is 10.5. The minimum absolute atomic E-state index is 0.213. The average molecular weight is 689 g/mol. The number of nitrogens with one attached hydrogen (secondary N) is 4. The second-order valence-electron chi connectivity index (χ2n) is 11.4. The van der Waals surface area contributed by atoms with Gasteiger partial charge in [-0.25, -0.2) is 4.98 Å². The van der Waals surface area contributed by atoms with Crippen molar-refractivity contribution in [1.29, 1.82) is 0 Å². The number of pyridine rings is 2. The normalized spacial score (nSPS) is 10.4. The standard InChI is InChI=1S/C19H20N4O3.C19H20N4O2/c1-25-15-6-3-5-13(11-15)8-9-14-12-17(23-22-14)21-18(24)16-7-4-10-20-19(16)26-2;1-13-6-8-15(12-20-13)19(24)21-18-11-16(22-23-18)9-7-14-4-3-5-17(10-14)25-2/h3-7,10-12H,8-9H2,1-2H3,(H2,21,22,23,24);3-6,8,10-12H,7,9H2,1-2H3,(H2,21,22,23,24). The lowest BCUT2D eigenvalue weighted by atomic mass is 10.1. The van der Waals surface area contributed by atoms with Gasteiger partial charge in [0.2, 0.25) is 5.88 Å². The molecule has 0 aliphatic carbocycles. The maximum absolute atomic E-state index is 12.4. The Bertz CT molecular complexity index is 2040. The van der Waals surface area contributed by atoms with Crippen LogP contribution in [0.25, 0.3) is 0 Å². The topological polar surface area (TPSA) is 169 Å². The van der Waals surface area contributed by atoms with Crippen molar-refractivity contribution in [1.82, 2.24) is 30.4 Å². The number of anilines is 2. The summed E-state index contributed by atoms with van der Waals surface area (Å²) in [7, 11) is 4.79. The van der Waals surface area contributed by atoms with E-state index in [-0.39, 0.29) is 17.7 Å². The molecular weight excluding hydrogens is 648 g/mol. The molecule has 13 heteroatoms. The van der Waals surface area contributed by atoms with Gasteiger partial charge in [0.1, 0.15) is 28.7 Å². The van der Waals surface area contributed by atoms with Crippen LogP contribution < -0.4 is 24.8 Å². The lowest BCUT2D eigenvalue weighted by Gasteiger charge is -2.06. The number of hydrogen-bond donors (Lipinski definition) is 4. The fourth-order valence-corrected chi connectivity index (χ4v) is 5.02. The van der Waals surface area contributed by atoms with Gasteiger partial charge in [0.15, 0.2) is 0 Å². The van der Waals surface area contributed by atoms with Crippen LogP contribution in [0.15, 0.2) is 97.3 Å². The molecule has 6 aromatic rings. The first kappa shape index (κ1) is 35.8. The Balaban J connectivity index is 0.000000198. The third-order valence-electron chi connectivity index (χ3n) is 7.75. The molecule has 0 atom stereocenters. The van der Waals surface area contributed by atoms with Crippen LogP contribution >= 0.6 is 0 Å². The maximum atomic E-state index is 12.4. The zero-order chi connectivity index (χ0) is 36.0. The average Bonchev–Trinajstić information content (AvgIpc) is 3.82. The monoisotopic (exact) mass is 688 g/mol. The molecular formula is C38H40N8O5. The van der Waals surface area contributed by atoms with Crippen molar-refractivity contribution in [2.75, 3.05) is 32.0 Å². The van der Waals surface area contributed by atoms with Crippen LogP contribution in [0.3, 0.4) is 0 Å². The van der Waals surface area contributed by atoms with Gasteiger partial charge in [-0.2, -0.15) is 10.2 Å². The number of amides is 2. The first-order chi connectivity index (χ1) is 24.8. The van der Waals surface area contributed by atoms with Crippen LogP contribution in [-0.2, 0) is 25.7 Å². The Hall–Kier alpha value is -6.50. The highest BCUT2D eigenvalue weighted by molar-refractivity contribution is 6.05. The Morgan fingerprint density at radius 1 is 0.647 bits per heavy atom. The first-order valence-corrected chi connectivity index (χ1v) is 16.2. The summed E-state index contributed by atoms with van der Waals surface area (Å²) in [4.78, 5) is 32.7. The molecule has 0 saturated heterocycles. The lowest BCUT2D eigenvalue weighted by Crippen LogP contribution is -2.14. The van der Waals surface area contributed by atoms with Crippen molar-refractivity contribution in [2.24, 2.45) is 0 Å². The Labute approximate surface area is 295 Å². The molecule has 0 fully saturated rings. The van der Waals surface area contributed by atoms with Gasteiger partial charge in [-0.1, -0.05) is 24.3 Å². The molecule has 0 unspecified atom stereocenters. The van der Waals surface area contributed by atoms with E-state index in [0.717, 1.165) is 59.8 Å². The number of nitrogens with zero attached hydrogens (tertiary/aromatic N) is 4. The van der Waals surface area contributed by atoms with Crippen molar-refractivity contribution >= 4 is 23.5 Å². The molecule has 13 nitrogen and oxygen atoms in total. The Morgan fingerprint density at radius 3 is 1.76 bits per heavy atom. The van der Waals surface area contributed by atoms with Gasteiger partial charge in [-0.3, -0.25) is 24.8 Å². The quantitative estimate of drug-likeness (QED) is 0.113. The summed E-state index contributed by atoms with van der Waals surface area (Å²) in [6.45, 7) is 1.88. The number of aromatic amines is 2. The van der Waals surface area contributed by atoms with Crippen molar-refractivity contribution < 1.29 is 23.8 Å². The minimum Gasteiger partial charge on any atom is -0.497 e. The number of aromatic nitrogens is 6. The van der Waals surface area contributed by atoms with Gasteiger partial charge in [-0.15, -0.1) is 0 Å². The summed E-state index contributed by atoms with van der Waals surface area (Å²) >= 11 is 0. The van der Waals surface area contributed by atoms with Crippen molar-refractivity contribution in [3.05, 3.63) is 137 Å². The third-order valence-corrected chi connectivity index (χ3v) is 7.75. The summed E-state index contributed by atoms with van der Waals surface area (Å²) in [5, 5.41) is 19.7. The smallest absolute Gasteiger partial charge is 0.262 e. The number of methoxy groups -OCH3 is 3. The molecule has 6 rings (SSSR count). The predicted octanol–water partition coefficient (Wildman–Crippen LogP) is 6.02. The molecule has 51 heavy (non-hydrogen) atoms. The zero-order valence-corrected chi connectivity index (χ0v) is 28.9. The van der Waals surface area contributed by atoms with Gasteiger partial charge in [-0.05, 0) is 92.3 Å². The molecule has 0 spiro atoms. The number of carbonyl (C=O) groups is 2. The SMILES string of the molecule is COc1cccc(CCc2cc(NC(=O)c3ccc(C)nc3)[nH]n2)c1.COc1cccc(CCc2cc(NC(=O)c3cccnc3OC)[nH]n2)c1. The molecule has 2 aromatic carbocycles. The predicted molar refractivity (Wildman–Crippen MR) is 194 cm³/mol.